The summed E-state index contributed by atoms with van der Waals surface area (Å²) in [5, 5.41) is 0. The molecular weight excluding hydrogens is 669 g/mol. The first kappa shape index (κ1) is 32.9. The zero-order valence-electron chi connectivity index (χ0n) is 29.8. The molecule has 260 valence electrons. The van der Waals surface area contributed by atoms with Gasteiger partial charge in [-0.3, -0.25) is 19.9 Å². The molecule has 10 heteroatoms. The molecule has 0 radical (unpaired) electrons. The first-order valence-corrected chi connectivity index (χ1v) is 18.1. The quantitative estimate of drug-likeness (QED) is 0.144. The average molecular weight is 703 g/mol. The summed E-state index contributed by atoms with van der Waals surface area (Å²) >= 11 is 0. The Bertz CT molecular complexity index is 2310. The van der Waals surface area contributed by atoms with E-state index in [9.17, 15) is 0 Å². The van der Waals surface area contributed by atoms with Gasteiger partial charge in [-0.15, -0.1) is 0 Å². The number of nitrogens with zero attached hydrogens (tertiary/aromatic N) is 10. The van der Waals surface area contributed by atoms with Gasteiger partial charge in [0.2, 0.25) is 0 Å². The molecule has 0 amide bonds. The summed E-state index contributed by atoms with van der Waals surface area (Å²) in [5.74, 6) is 3.12. The molecule has 0 spiro atoms. The van der Waals surface area contributed by atoms with E-state index < -0.39 is 0 Å². The SMILES string of the molecule is CCCCC1(C)c2cc(-c3nc(-c4ccccn4)nc(-c4ccccn4)n3)ccc2-c2ccc(-c3nc(-c4ccccn4)nc(-c4ccccn4)n3)cc21. The molecule has 2 aromatic carbocycles. The minimum absolute atomic E-state index is 0.298. The van der Waals surface area contributed by atoms with Gasteiger partial charge in [-0.2, -0.15) is 0 Å². The number of hydrogen-bond acceptors (Lipinski definition) is 10. The van der Waals surface area contributed by atoms with Gasteiger partial charge >= 0.3 is 0 Å². The van der Waals surface area contributed by atoms with Gasteiger partial charge in [0.05, 0.1) is 0 Å². The van der Waals surface area contributed by atoms with E-state index in [2.05, 4.69) is 70.2 Å². The number of rotatable bonds is 9. The van der Waals surface area contributed by atoms with E-state index in [0.717, 1.165) is 30.4 Å². The van der Waals surface area contributed by atoms with Crippen LogP contribution < -0.4 is 0 Å². The van der Waals surface area contributed by atoms with Crippen LogP contribution in [0.1, 0.15) is 44.2 Å². The second-order valence-corrected chi connectivity index (χ2v) is 13.4. The third kappa shape index (κ3) is 6.07. The Morgan fingerprint density at radius 1 is 0.426 bits per heavy atom. The molecule has 6 aromatic heterocycles. The highest BCUT2D eigenvalue weighted by Gasteiger charge is 2.39. The lowest BCUT2D eigenvalue weighted by atomic mass is 9.75. The lowest BCUT2D eigenvalue weighted by Gasteiger charge is -2.28. The lowest BCUT2D eigenvalue weighted by molar-refractivity contribution is 0.504. The maximum Gasteiger partial charge on any atom is 0.182 e. The summed E-state index contributed by atoms with van der Waals surface area (Å²) in [7, 11) is 0. The molecule has 1 aliphatic carbocycles. The number of hydrogen-bond donors (Lipinski definition) is 0. The summed E-state index contributed by atoms with van der Waals surface area (Å²) in [4.78, 5) is 47.6. The highest BCUT2D eigenvalue weighted by atomic mass is 15.1. The van der Waals surface area contributed by atoms with Gasteiger partial charge in [0.15, 0.2) is 34.9 Å². The van der Waals surface area contributed by atoms with Crippen molar-refractivity contribution in [3.05, 3.63) is 145 Å². The van der Waals surface area contributed by atoms with Crippen molar-refractivity contribution in [2.75, 3.05) is 0 Å². The molecule has 0 saturated heterocycles. The lowest BCUT2D eigenvalue weighted by Crippen LogP contribution is -2.21. The summed E-state index contributed by atoms with van der Waals surface area (Å²) in [5.41, 5.74) is 9.05. The van der Waals surface area contributed by atoms with E-state index in [-0.39, 0.29) is 5.41 Å². The summed E-state index contributed by atoms with van der Waals surface area (Å²) in [6, 6.07) is 36.0. The van der Waals surface area contributed by atoms with Gasteiger partial charge in [-0.25, -0.2) is 29.9 Å². The van der Waals surface area contributed by atoms with Crippen molar-refractivity contribution in [1.82, 2.24) is 49.8 Å². The zero-order valence-corrected chi connectivity index (χ0v) is 29.8. The standard InChI is InChI=1S/C44H34N10/c1-3-4-21-44(2)32-26-28(38-49-40(34-13-5-9-22-45-34)53-41(50-38)35-14-6-10-23-46-35)17-19-30(32)31-20-18-29(27-33(31)44)39-51-42(36-15-7-11-24-47-36)54-43(52-39)37-16-8-12-25-48-37/h5-20,22-27H,3-4,21H2,1-2H3. The molecule has 54 heavy (non-hydrogen) atoms. The highest BCUT2D eigenvalue weighted by molar-refractivity contribution is 5.85. The van der Waals surface area contributed by atoms with Gasteiger partial charge in [0, 0.05) is 41.3 Å². The largest absolute Gasteiger partial charge is 0.253 e. The van der Waals surface area contributed by atoms with Crippen molar-refractivity contribution in [2.45, 2.75) is 38.5 Å². The van der Waals surface area contributed by atoms with E-state index in [1.165, 1.54) is 22.3 Å². The predicted molar refractivity (Wildman–Crippen MR) is 208 cm³/mol. The Morgan fingerprint density at radius 2 is 0.778 bits per heavy atom. The van der Waals surface area contributed by atoms with Crippen molar-refractivity contribution in [3.8, 4) is 80.0 Å². The van der Waals surface area contributed by atoms with Crippen LogP contribution in [0.2, 0.25) is 0 Å². The molecule has 0 N–H and O–H groups in total. The first-order valence-electron chi connectivity index (χ1n) is 18.1. The van der Waals surface area contributed by atoms with Crippen molar-refractivity contribution < 1.29 is 0 Å². The fourth-order valence-electron chi connectivity index (χ4n) is 7.14. The normalized spacial score (nSPS) is 12.6. The van der Waals surface area contributed by atoms with Gasteiger partial charge < -0.3 is 0 Å². The molecule has 0 aliphatic heterocycles. The smallest absolute Gasteiger partial charge is 0.182 e. The summed E-state index contributed by atoms with van der Waals surface area (Å²) in [6.07, 6.45) is 10.1. The molecule has 0 atom stereocenters. The van der Waals surface area contributed by atoms with Crippen LogP contribution >= 0.6 is 0 Å². The molecule has 8 aromatic rings. The monoisotopic (exact) mass is 702 g/mol. The van der Waals surface area contributed by atoms with Crippen LogP contribution in [0.4, 0.5) is 0 Å². The van der Waals surface area contributed by atoms with Crippen LogP contribution in [-0.4, -0.2) is 49.8 Å². The van der Waals surface area contributed by atoms with Crippen LogP contribution in [0.25, 0.3) is 80.0 Å². The number of fused-ring (bicyclic) bond motifs is 3. The molecular formula is C44H34N10. The van der Waals surface area contributed by atoms with Gasteiger partial charge in [0.25, 0.3) is 0 Å². The Kier molecular flexibility index (Phi) is 8.47. The highest BCUT2D eigenvalue weighted by Crippen LogP contribution is 2.53. The Hall–Kier alpha value is -6.94. The third-order valence-corrected chi connectivity index (χ3v) is 9.91. The Balaban J connectivity index is 1.17. The summed E-state index contributed by atoms with van der Waals surface area (Å²) in [6.45, 7) is 4.58. The van der Waals surface area contributed by atoms with Crippen LogP contribution in [-0.2, 0) is 5.41 Å². The minimum Gasteiger partial charge on any atom is -0.253 e. The molecule has 6 heterocycles. The number of pyridine rings is 4. The van der Waals surface area contributed by atoms with Gasteiger partial charge in [-0.1, -0.05) is 75.2 Å². The van der Waals surface area contributed by atoms with Crippen molar-refractivity contribution >= 4 is 0 Å². The van der Waals surface area contributed by atoms with E-state index in [4.69, 9.17) is 29.9 Å². The predicted octanol–water partition coefficient (Wildman–Crippen LogP) is 9.12. The topological polar surface area (TPSA) is 129 Å². The molecule has 0 bridgehead atoms. The Morgan fingerprint density at radius 3 is 1.09 bits per heavy atom. The molecule has 0 saturated carbocycles. The van der Waals surface area contributed by atoms with Crippen LogP contribution in [0, 0.1) is 0 Å². The van der Waals surface area contributed by atoms with E-state index in [1.54, 1.807) is 24.8 Å². The van der Waals surface area contributed by atoms with Crippen LogP contribution in [0.3, 0.4) is 0 Å². The number of benzene rings is 2. The van der Waals surface area contributed by atoms with Crippen molar-refractivity contribution in [2.24, 2.45) is 0 Å². The first-order chi connectivity index (χ1) is 26.6. The van der Waals surface area contributed by atoms with Crippen molar-refractivity contribution in [1.29, 1.82) is 0 Å². The van der Waals surface area contributed by atoms with Gasteiger partial charge in [-0.05, 0) is 89.3 Å². The second kappa shape index (κ2) is 13.9. The summed E-state index contributed by atoms with van der Waals surface area (Å²) < 4.78 is 0. The molecule has 0 unspecified atom stereocenters. The number of unbranched alkanes of at least 4 members (excludes halogenated alkanes) is 1. The molecule has 0 fully saturated rings. The molecule has 10 nitrogen and oxygen atoms in total. The third-order valence-electron chi connectivity index (χ3n) is 9.91. The van der Waals surface area contributed by atoms with Crippen molar-refractivity contribution in [3.63, 3.8) is 0 Å². The maximum atomic E-state index is 4.96. The second-order valence-electron chi connectivity index (χ2n) is 13.4. The fraction of sp³-hybridized carbons (Fsp3) is 0.136. The van der Waals surface area contributed by atoms with E-state index in [1.807, 2.05) is 72.8 Å². The Labute approximate surface area is 312 Å². The number of aromatic nitrogens is 10. The molecule has 1 aliphatic rings. The van der Waals surface area contributed by atoms with E-state index >= 15 is 0 Å². The minimum atomic E-state index is -0.298. The molecule has 9 rings (SSSR count). The fourth-order valence-corrected chi connectivity index (χ4v) is 7.14. The average Bonchev–Trinajstić information content (AvgIpc) is 3.50. The zero-order chi connectivity index (χ0) is 36.5. The van der Waals surface area contributed by atoms with Crippen LogP contribution in [0.15, 0.2) is 134 Å². The van der Waals surface area contributed by atoms with Gasteiger partial charge in [0.1, 0.15) is 22.8 Å². The van der Waals surface area contributed by atoms with Crippen LogP contribution in [0.5, 0.6) is 0 Å². The maximum absolute atomic E-state index is 4.96. The van der Waals surface area contributed by atoms with E-state index in [0.29, 0.717) is 57.7 Å².